The number of nitrogens with one attached hydrogen (secondary N) is 1. The van der Waals surface area contributed by atoms with Crippen LogP contribution < -0.4 is 10.2 Å². The second-order valence-corrected chi connectivity index (χ2v) is 4.69. The fraction of sp³-hybridized carbons (Fsp3) is 0.176. The van der Waals surface area contributed by atoms with Gasteiger partial charge in [-0.25, -0.2) is 4.39 Å². The van der Waals surface area contributed by atoms with E-state index in [2.05, 4.69) is 12.1 Å². The molecule has 2 N–H and O–H groups in total. The Morgan fingerprint density at radius 2 is 1.95 bits per heavy atom. The smallest absolute Gasteiger partial charge is 0.169 e. The number of hydrogen-bond acceptors (Lipinski definition) is 4. The van der Waals surface area contributed by atoms with Gasteiger partial charge in [0.25, 0.3) is 0 Å². The molecule has 0 unspecified atom stereocenters. The molecule has 0 aliphatic heterocycles. The number of ether oxygens (including phenoxy) is 1. The average Bonchev–Trinajstić information content (AvgIpc) is 2.51. The summed E-state index contributed by atoms with van der Waals surface area (Å²) in [6.07, 6.45) is 0.797. The molecule has 0 fully saturated rings. The average molecular weight is 303 g/mol. The van der Waals surface area contributed by atoms with E-state index in [9.17, 15) is 9.50 Å². The highest BCUT2D eigenvalue weighted by Crippen LogP contribution is 2.33. The molecule has 4 nitrogen and oxygen atoms in total. The first-order chi connectivity index (χ1) is 10.5. The summed E-state index contributed by atoms with van der Waals surface area (Å²) in [5.74, 6) is -0.352. The Labute approximate surface area is 128 Å². The van der Waals surface area contributed by atoms with E-state index in [-0.39, 0.29) is 17.2 Å². The van der Waals surface area contributed by atoms with E-state index in [1.165, 1.54) is 19.2 Å². The lowest BCUT2D eigenvalue weighted by Gasteiger charge is -2.11. The van der Waals surface area contributed by atoms with Gasteiger partial charge in [-0.2, -0.15) is 0 Å². The maximum atomic E-state index is 14.1. The third-order valence-electron chi connectivity index (χ3n) is 3.16. The predicted octanol–water partition coefficient (Wildman–Crippen LogP) is 4.01. The number of aryl methyl sites for hydroxylation is 1. The molecule has 116 valence electrons. The van der Waals surface area contributed by atoms with Gasteiger partial charge in [-0.1, -0.05) is 19.6 Å². The Kier molecular flexibility index (Phi) is 5.01. The van der Waals surface area contributed by atoms with Crippen molar-refractivity contribution in [1.82, 2.24) is 5.48 Å². The van der Waals surface area contributed by atoms with Crippen LogP contribution in [0, 0.1) is 5.82 Å². The van der Waals surface area contributed by atoms with Crippen molar-refractivity contribution in [2.45, 2.75) is 13.3 Å². The summed E-state index contributed by atoms with van der Waals surface area (Å²) in [5, 5.41) is 9.90. The molecule has 0 bridgehead atoms. The maximum Gasteiger partial charge on any atom is 0.169 e. The van der Waals surface area contributed by atoms with Crippen molar-refractivity contribution in [1.29, 1.82) is 0 Å². The Morgan fingerprint density at radius 1 is 1.23 bits per heavy atom. The predicted molar refractivity (Wildman–Crippen MR) is 83.1 cm³/mol. The summed E-state index contributed by atoms with van der Waals surface area (Å²) in [7, 11) is 1.45. The van der Waals surface area contributed by atoms with E-state index >= 15 is 0 Å². The number of phenols is 1. The van der Waals surface area contributed by atoms with E-state index in [0.29, 0.717) is 11.3 Å². The molecule has 0 saturated heterocycles. The van der Waals surface area contributed by atoms with Gasteiger partial charge in [-0.3, -0.25) is 10.3 Å². The molecule has 0 saturated carbocycles. The molecule has 0 aliphatic rings. The van der Waals surface area contributed by atoms with Crippen LogP contribution in [0.2, 0.25) is 0 Å². The summed E-state index contributed by atoms with van der Waals surface area (Å²) >= 11 is 0. The SMILES string of the molecule is C=C(NOC)c1ccc(Oc2ccc(CC)cc2O)c(F)c1. The van der Waals surface area contributed by atoms with Crippen LogP contribution in [0.25, 0.3) is 5.70 Å². The highest BCUT2D eigenvalue weighted by molar-refractivity contribution is 5.61. The molecule has 2 aromatic carbocycles. The topological polar surface area (TPSA) is 50.7 Å². The van der Waals surface area contributed by atoms with Crippen molar-refractivity contribution < 1.29 is 19.1 Å². The number of rotatable bonds is 6. The number of hydrogen-bond donors (Lipinski definition) is 2. The molecular formula is C17H18FNO3. The van der Waals surface area contributed by atoms with Crippen molar-refractivity contribution in [3.63, 3.8) is 0 Å². The summed E-state index contributed by atoms with van der Waals surface area (Å²) < 4.78 is 19.5. The molecule has 5 heteroatoms. The summed E-state index contributed by atoms with van der Waals surface area (Å²) in [6.45, 7) is 5.70. The Balaban J connectivity index is 2.22. The molecule has 0 radical (unpaired) electrons. The summed E-state index contributed by atoms with van der Waals surface area (Å²) in [4.78, 5) is 4.73. The first kappa shape index (κ1) is 15.9. The molecule has 2 aromatic rings. The monoisotopic (exact) mass is 303 g/mol. The van der Waals surface area contributed by atoms with Crippen molar-refractivity contribution >= 4 is 5.70 Å². The summed E-state index contributed by atoms with van der Waals surface area (Å²) in [6, 6.07) is 9.44. The molecule has 2 rings (SSSR count). The van der Waals surface area contributed by atoms with Gasteiger partial charge >= 0.3 is 0 Å². The molecule has 0 spiro atoms. The van der Waals surface area contributed by atoms with Crippen LogP contribution in [-0.2, 0) is 11.3 Å². The van der Waals surface area contributed by atoms with Gasteiger partial charge in [-0.15, -0.1) is 0 Å². The lowest BCUT2D eigenvalue weighted by molar-refractivity contribution is 0.137. The third-order valence-corrected chi connectivity index (χ3v) is 3.16. The van der Waals surface area contributed by atoms with Crippen LogP contribution in [0.5, 0.6) is 17.2 Å². The van der Waals surface area contributed by atoms with Crippen LogP contribution in [0.15, 0.2) is 43.0 Å². The normalized spacial score (nSPS) is 10.3. The van der Waals surface area contributed by atoms with E-state index < -0.39 is 5.82 Å². The quantitative estimate of drug-likeness (QED) is 0.792. The van der Waals surface area contributed by atoms with E-state index in [0.717, 1.165) is 12.0 Å². The maximum absolute atomic E-state index is 14.1. The number of benzene rings is 2. The highest BCUT2D eigenvalue weighted by atomic mass is 19.1. The van der Waals surface area contributed by atoms with Crippen LogP contribution in [-0.4, -0.2) is 12.2 Å². The van der Waals surface area contributed by atoms with Gasteiger partial charge in [0.1, 0.15) is 0 Å². The largest absolute Gasteiger partial charge is 0.504 e. The van der Waals surface area contributed by atoms with E-state index in [1.54, 1.807) is 18.2 Å². The van der Waals surface area contributed by atoms with Crippen LogP contribution in [0.1, 0.15) is 18.1 Å². The zero-order valence-electron chi connectivity index (χ0n) is 12.5. The Bertz CT molecular complexity index is 686. The Morgan fingerprint density at radius 3 is 2.55 bits per heavy atom. The first-order valence-corrected chi connectivity index (χ1v) is 6.82. The lowest BCUT2D eigenvalue weighted by atomic mass is 10.1. The minimum absolute atomic E-state index is 0.0201. The number of hydroxylamine groups is 1. The first-order valence-electron chi connectivity index (χ1n) is 6.82. The zero-order valence-corrected chi connectivity index (χ0v) is 12.5. The molecular weight excluding hydrogens is 285 g/mol. The van der Waals surface area contributed by atoms with Crippen molar-refractivity contribution in [2.75, 3.05) is 7.11 Å². The van der Waals surface area contributed by atoms with Gasteiger partial charge in [0, 0.05) is 5.56 Å². The summed E-state index contributed by atoms with van der Waals surface area (Å²) in [5.41, 5.74) is 4.49. The third kappa shape index (κ3) is 3.56. The minimum Gasteiger partial charge on any atom is -0.504 e. The molecule has 22 heavy (non-hydrogen) atoms. The molecule has 0 aromatic heterocycles. The molecule has 0 heterocycles. The number of aromatic hydroxyl groups is 1. The molecule has 0 amide bonds. The lowest BCUT2D eigenvalue weighted by Crippen LogP contribution is -2.08. The van der Waals surface area contributed by atoms with E-state index in [4.69, 9.17) is 9.57 Å². The second kappa shape index (κ2) is 6.95. The molecule has 0 aliphatic carbocycles. The fourth-order valence-corrected chi connectivity index (χ4v) is 1.94. The number of halogens is 1. The van der Waals surface area contributed by atoms with Crippen molar-refractivity contribution in [3.05, 3.63) is 59.9 Å². The van der Waals surface area contributed by atoms with E-state index in [1.807, 2.05) is 13.0 Å². The van der Waals surface area contributed by atoms with Crippen molar-refractivity contribution in [3.8, 4) is 17.2 Å². The minimum atomic E-state index is -0.560. The zero-order chi connectivity index (χ0) is 16.1. The van der Waals surface area contributed by atoms with Crippen LogP contribution in [0.4, 0.5) is 4.39 Å². The van der Waals surface area contributed by atoms with Gasteiger partial charge in [0.05, 0.1) is 12.8 Å². The van der Waals surface area contributed by atoms with Gasteiger partial charge in [0.2, 0.25) is 0 Å². The van der Waals surface area contributed by atoms with Crippen LogP contribution in [0.3, 0.4) is 0 Å². The second-order valence-electron chi connectivity index (χ2n) is 4.69. The Hall–Kier alpha value is -2.53. The fourth-order valence-electron chi connectivity index (χ4n) is 1.94. The highest BCUT2D eigenvalue weighted by Gasteiger charge is 2.10. The van der Waals surface area contributed by atoms with Crippen LogP contribution >= 0.6 is 0 Å². The van der Waals surface area contributed by atoms with Gasteiger partial charge in [-0.05, 0) is 42.3 Å². The van der Waals surface area contributed by atoms with Crippen molar-refractivity contribution in [2.24, 2.45) is 0 Å². The van der Waals surface area contributed by atoms with Gasteiger partial charge < -0.3 is 9.84 Å². The van der Waals surface area contributed by atoms with Gasteiger partial charge in [0.15, 0.2) is 23.1 Å². The standard InChI is InChI=1S/C17H18FNO3/c1-4-12-5-7-17(15(20)9-12)22-16-8-6-13(10-14(16)18)11(2)19-21-3/h5-10,19-20H,2,4H2,1,3H3. The number of phenolic OH excluding ortho intramolecular Hbond substituents is 1. The molecule has 0 atom stereocenters.